The van der Waals surface area contributed by atoms with Crippen LogP contribution in [0.4, 0.5) is 0 Å². The standard InChI is InChI=1S/C17H19NO7S2/c1-23-12-5-6-13(15(10-12)24-2)14(19)11-25-16(20)7-8-18-27(21,22)17-4-3-9-26-17/h3-6,9-10,18H,7-8,11H2,1-2H3. The normalized spacial score (nSPS) is 11.0. The second kappa shape index (κ2) is 9.49. The number of benzene rings is 1. The monoisotopic (exact) mass is 413 g/mol. The molecule has 27 heavy (non-hydrogen) atoms. The van der Waals surface area contributed by atoms with Gasteiger partial charge in [-0.15, -0.1) is 11.3 Å². The van der Waals surface area contributed by atoms with Crippen molar-refractivity contribution in [1.82, 2.24) is 4.72 Å². The fraction of sp³-hybridized carbons (Fsp3) is 0.294. The zero-order valence-corrected chi connectivity index (χ0v) is 16.4. The van der Waals surface area contributed by atoms with Gasteiger partial charge in [-0.1, -0.05) is 6.07 Å². The molecule has 1 aromatic heterocycles. The van der Waals surface area contributed by atoms with Gasteiger partial charge < -0.3 is 14.2 Å². The maximum atomic E-state index is 12.2. The number of hydrogen-bond acceptors (Lipinski definition) is 8. The summed E-state index contributed by atoms with van der Waals surface area (Å²) in [5.74, 6) is -0.302. The van der Waals surface area contributed by atoms with Crippen LogP contribution in [0.1, 0.15) is 16.8 Å². The number of methoxy groups -OCH3 is 2. The Hall–Kier alpha value is -2.43. The summed E-state index contributed by atoms with van der Waals surface area (Å²) in [5, 5.41) is 1.64. The van der Waals surface area contributed by atoms with Crippen molar-refractivity contribution in [3.05, 3.63) is 41.3 Å². The summed E-state index contributed by atoms with van der Waals surface area (Å²) in [4.78, 5) is 24.0. The number of nitrogens with one attached hydrogen (secondary N) is 1. The third kappa shape index (κ3) is 5.78. The quantitative estimate of drug-likeness (QED) is 0.468. The van der Waals surface area contributed by atoms with Gasteiger partial charge in [0.1, 0.15) is 15.7 Å². The molecule has 0 amide bonds. The second-order valence-electron chi connectivity index (χ2n) is 5.23. The Kier molecular flexibility index (Phi) is 7.34. The number of hydrogen-bond donors (Lipinski definition) is 1. The molecule has 0 bridgehead atoms. The first kappa shape index (κ1) is 20.9. The Morgan fingerprint density at radius 3 is 2.56 bits per heavy atom. The molecule has 0 fully saturated rings. The Morgan fingerprint density at radius 1 is 1.15 bits per heavy atom. The largest absolute Gasteiger partial charge is 0.497 e. The molecule has 0 aliphatic rings. The second-order valence-corrected chi connectivity index (χ2v) is 8.17. The molecule has 0 saturated heterocycles. The zero-order valence-electron chi connectivity index (χ0n) is 14.8. The predicted octanol–water partition coefficient (Wildman–Crippen LogP) is 1.86. The number of sulfonamides is 1. The van der Waals surface area contributed by atoms with E-state index < -0.39 is 28.4 Å². The summed E-state index contributed by atoms with van der Waals surface area (Å²) < 4.78 is 41.4. The van der Waals surface area contributed by atoms with Crippen LogP contribution in [0.15, 0.2) is 39.9 Å². The van der Waals surface area contributed by atoms with Crippen LogP contribution in [-0.2, 0) is 19.6 Å². The molecule has 8 nitrogen and oxygen atoms in total. The van der Waals surface area contributed by atoms with Gasteiger partial charge in [0, 0.05) is 12.6 Å². The average molecular weight is 413 g/mol. The third-order valence-electron chi connectivity index (χ3n) is 3.45. The Labute approximate surface area is 161 Å². The molecule has 146 valence electrons. The molecule has 1 heterocycles. The van der Waals surface area contributed by atoms with Crippen LogP contribution < -0.4 is 14.2 Å². The summed E-state index contributed by atoms with van der Waals surface area (Å²) in [5.41, 5.74) is 0.254. The molecule has 0 radical (unpaired) electrons. The number of Topliss-reactive ketones (excluding diaryl/α,β-unsaturated/α-hetero) is 1. The molecule has 0 atom stereocenters. The number of ketones is 1. The molecule has 2 rings (SSSR count). The van der Waals surface area contributed by atoms with E-state index in [0.29, 0.717) is 11.5 Å². The lowest BCUT2D eigenvalue weighted by atomic mass is 10.1. The van der Waals surface area contributed by atoms with Gasteiger partial charge in [0.05, 0.1) is 26.2 Å². The Balaban J connectivity index is 1.82. The van der Waals surface area contributed by atoms with Crippen molar-refractivity contribution in [2.45, 2.75) is 10.6 Å². The van der Waals surface area contributed by atoms with Crippen molar-refractivity contribution in [2.75, 3.05) is 27.4 Å². The molecule has 0 spiro atoms. The van der Waals surface area contributed by atoms with Crippen molar-refractivity contribution in [1.29, 1.82) is 0 Å². The molecule has 1 N–H and O–H groups in total. The van der Waals surface area contributed by atoms with E-state index in [9.17, 15) is 18.0 Å². The van der Waals surface area contributed by atoms with E-state index >= 15 is 0 Å². The Morgan fingerprint density at radius 2 is 1.93 bits per heavy atom. The van der Waals surface area contributed by atoms with Gasteiger partial charge in [-0.05, 0) is 23.6 Å². The highest BCUT2D eigenvalue weighted by molar-refractivity contribution is 7.91. The summed E-state index contributed by atoms with van der Waals surface area (Å²) >= 11 is 1.07. The van der Waals surface area contributed by atoms with Gasteiger partial charge in [-0.25, -0.2) is 13.1 Å². The minimum Gasteiger partial charge on any atom is -0.497 e. The molecular weight excluding hydrogens is 394 g/mol. The number of ether oxygens (including phenoxy) is 3. The summed E-state index contributed by atoms with van der Waals surface area (Å²) in [7, 11) is -0.732. The number of carbonyl (C=O) groups excluding carboxylic acids is 2. The lowest BCUT2D eigenvalue weighted by Crippen LogP contribution is -2.26. The van der Waals surface area contributed by atoms with Crippen LogP contribution in [0.25, 0.3) is 0 Å². The van der Waals surface area contributed by atoms with Crippen molar-refractivity contribution >= 4 is 33.1 Å². The van der Waals surface area contributed by atoms with Crippen LogP contribution in [0.2, 0.25) is 0 Å². The van der Waals surface area contributed by atoms with Crippen molar-refractivity contribution in [3.8, 4) is 11.5 Å². The van der Waals surface area contributed by atoms with Crippen molar-refractivity contribution < 1.29 is 32.2 Å². The smallest absolute Gasteiger partial charge is 0.307 e. The van der Waals surface area contributed by atoms with Gasteiger partial charge in [-0.3, -0.25) is 9.59 Å². The first-order chi connectivity index (χ1) is 12.9. The first-order valence-electron chi connectivity index (χ1n) is 7.81. The summed E-state index contributed by atoms with van der Waals surface area (Å²) in [6, 6.07) is 7.74. The number of rotatable bonds is 10. The highest BCUT2D eigenvalue weighted by atomic mass is 32.2. The highest BCUT2D eigenvalue weighted by Gasteiger charge is 2.17. The van der Waals surface area contributed by atoms with E-state index in [-0.39, 0.29) is 22.7 Å². The predicted molar refractivity (Wildman–Crippen MR) is 99.0 cm³/mol. The zero-order chi connectivity index (χ0) is 19.9. The molecule has 1 aromatic carbocycles. The van der Waals surface area contributed by atoms with E-state index in [4.69, 9.17) is 14.2 Å². The molecule has 0 saturated carbocycles. The van der Waals surface area contributed by atoms with Crippen LogP contribution >= 0.6 is 11.3 Å². The van der Waals surface area contributed by atoms with Crippen LogP contribution in [-0.4, -0.2) is 47.5 Å². The fourth-order valence-electron chi connectivity index (χ4n) is 2.10. The maximum Gasteiger partial charge on any atom is 0.307 e. The van der Waals surface area contributed by atoms with Gasteiger partial charge >= 0.3 is 5.97 Å². The molecule has 10 heteroatoms. The third-order valence-corrected chi connectivity index (χ3v) is 6.31. The van der Waals surface area contributed by atoms with Gasteiger partial charge in [0.25, 0.3) is 0 Å². The van der Waals surface area contributed by atoms with Gasteiger partial charge in [0.15, 0.2) is 6.61 Å². The molecule has 0 unspecified atom stereocenters. The maximum absolute atomic E-state index is 12.2. The molecule has 0 aliphatic heterocycles. The lowest BCUT2D eigenvalue weighted by molar-refractivity contribution is -0.142. The SMILES string of the molecule is COc1ccc(C(=O)COC(=O)CCNS(=O)(=O)c2cccs2)c(OC)c1. The number of thiophene rings is 1. The summed E-state index contributed by atoms with van der Waals surface area (Å²) in [6.07, 6.45) is -0.197. The first-order valence-corrected chi connectivity index (χ1v) is 10.2. The average Bonchev–Trinajstić information content (AvgIpc) is 3.21. The number of carbonyl (C=O) groups is 2. The van der Waals surface area contributed by atoms with Crippen LogP contribution in [0.5, 0.6) is 11.5 Å². The van der Waals surface area contributed by atoms with E-state index in [1.54, 1.807) is 23.6 Å². The topological polar surface area (TPSA) is 108 Å². The van der Waals surface area contributed by atoms with Crippen molar-refractivity contribution in [3.63, 3.8) is 0 Å². The van der Waals surface area contributed by atoms with Crippen molar-refractivity contribution in [2.24, 2.45) is 0 Å². The fourth-order valence-corrected chi connectivity index (χ4v) is 4.17. The molecular formula is C17H19NO7S2. The highest BCUT2D eigenvalue weighted by Crippen LogP contribution is 2.25. The van der Waals surface area contributed by atoms with E-state index in [1.165, 1.54) is 26.4 Å². The van der Waals surface area contributed by atoms with Gasteiger partial charge in [-0.2, -0.15) is 0 Å². The Bertz CT molecular complexity index is 892. The number of esters is 1. The van der Waals surface area contributed by atoms with E-state index in [0.717, 1.165) is 11.3 Å². The van der Waals surface area contributed by atoms with E-state index in [2.05, 4.69) is 4.72 Å². The van der Waals surface area contributed by atoms with Gasteiger partial charge in [0.2, 0.25) is 15.8 Å². The van der Waals surface area contributed by atoms with E-state index in [1.807, 2.05) is 0 Å². The lowest BCUT2D eigenvalue weighted by Gasteiger charge is -2.10. The molecule has 0 aliphatic carbocycles. The molecule has 2 aromatic rings. The summed E-state index contributed by atoms with van der Waals surface area (Å²) in [6.45, 7) is -0.599. The minimum atomic E-state index is -3.64. The van der Waals surface area contributed by atoms with Crippen LogP contribution in [0.3, 0.4) is 0 Å². The minimum absolute atomic E-state index is 0.126. The van der Waals surface area contributed by atoms with Crippen LogP contribution in [0, 0.1) is 0 Å².